The summed E-state index contributed by atoms with van der Waals surface area (Å²) in [5.41, 5.74) is -0.915. The lowest BCUT2D eigenvalue weighted by atomic mass is 10.2. The van der Waals surface area contributed by atoms with E-state index in [1.807, 2.05) is 6.92 Å². The topological polar surface area (TPSA) is 91.3 Å². The maximum Gasteiger partial charge on any atom is 0.416 e. The van der Waals surface area contributed by atoms with Gasteiger partial charge in [-0.2, -0.15) is 22.6 Å². The van der Waals surface area contributed by atoms with Gasteiger partial charge in [0.25, 0.3) is 0 Å². The van der Waals surface area contributed by atoms with E-state index in [-0.39, 0.29) is 43.5 Å². The summed E-state index contributed by atoms with van der Waals surface area (Å²) in [5, 5.41) is 6.80. The van der Waals surface area contributed by atoms with Crippen molar-refractivity contribution in [3.8, 4) is 0 Å². The zero-order valence-electron chi connectivity index (χ0n) is 16.7. The van der Waals surface area contributed by atoms with Gasteiger partial charge in [-0.1, -0.05) is 6.92 Å². The predicted octanol–water partition coefficient (Wildman–Crippen LogP) is 2.45. The van der Waals surface area contributed by atoms with Gasteiger partial charge in [0.05, 0.1) is 10.5 Å². The van der Waals surface area contributed by atoms with Gasteiger partial charge in [0.1, 0.15) is 12.4 Å². The van der Waals surface area contributed by atoms with E-state index in [9.17, 15) is 26.4 Å². The largest absolute Gasteiger partial charge is 0.416 e. The molecule has 1 saturated heterocycles. The molecule has 2 heterocycles. The molecule has 0 bridgehead atoms. The van der Waals surface area contributed by atoms with Gasteiger partial charge >= 0.3 is 6.18 Å². The van der Waals surface area contributed by atoms with Gasteiger partial charge in [-0.05, 0) is 42.9 Å². The first kappa shape index (κ1) is 23.4. The number of alkyl halides is 3. The monoisotopic (exact) mass is 477 g/mol. The number of nitrogens with one attached hydrogen (secondary N) is 1. The van der Waals surface area contributed by atoms with E-state index in [0.717, 1.165) is 30.7 Å². The van der Waals surface area contributed by atoms with E-state index in [1.165, 1.54) is 4.31 Å². The molecule has 0 atom stereocenters. The number of halogens is 3. The molecule has 1 aromatic heterocycles. The highest BCUT2D eigenvalue weighted by atomic mass is 32.2. The molecular weight excluding hydrogens is 455 g/mol. The molecule has 170 valence electrons. The Kier molecular flexibility index (Phi) is 6.86. The van der Waals surface area contributed by atoms with Crippen LogP contribution in [0.1, 0.15) is 24.7 Å². The molecule has 31 heavy (non-hydrogen) atoms. The highest BCUT2D eigenvalue weighted by Gasteiger charge is 2.33. The number of hydrogen-bond acceptors (Lipinski definition) is 5. The van der Waals surface area contributed by atoms with Crippen molar-refractivity contribution in [1.29, 1.82) is 0 Å². The van der Waals surface area contributed by atoms with E-state index in [4.69, 9.17) is 12.2 Å². The van der Waals surface area contributed by atoms with Crippen LogP contribution >= 0.6 is 12.2 Å². The number of carbonyl (C=O) groups excluding carboxylic acids is 1. The van der Waals surface area contributed by atoms with Crippen molar-refractivity contribution in [3.05, 3.63) is 40.4 Å². The zero-order valence-corrected chi connectivity index (χ0v) is 18.4. The number of aryl methyl sites for hydroxylation is 1. The van der Waals surface area contributed by atoms with Gasteiger partial charge in [-0.25, -0.2) is 8.42 Å². The van der Waals surface area contributed by atoms with Crippen LogP contribution in [-0.2, 0) is 34.0 Å². The molecule has 1 N–H and O–H groups in total. The Morgan fingerprint density at radius 3 is 2.32 bits per heavy atom. The molecule has 1 aliphatic rings. The Balaban J connectivity index is 1.64. The molecular formula is C18H22F3N5O3S2. The molecule has 0 radical (unpaired) electrons. The van der Waals surface area contributed by atoms with Crippen LogP contribution in [-0.4, -0.2) is 64.5 Å². The Morgan fingerprint density at radius 1 is 1.16 bits per heavy atom. The van der Waals surface area contributed by atoms with Gasteiger partial charge in [0.2, 0.25) is 15.9 Å². The maximum atomic E-state index is 12.8. The number of aromatic nitrogens is 3. The second-order valence-electron chi connectivity index (χ2n) is 7.09. The summed E-state index contributed by atoms with van der Waals surface area (Å²) in [6.07, 6.45) is -3.03. The minimum Gasteiger partial charge on any atom is -0.338 e. The third-order valence-corrected chi connectivity index (χ3v) is 7.24. The quantitative estimate of drug-likeness (QED) is 0.646. The summed E-state index contributed by atoms with van der Waals surface area (Å²) in [6.45, 7) is 2.44. The fraction of sp³-hybridized carbons (Fsp3) is 0.500. The van der Waals surface area contributed by atoms with Crippen LogP contribution < -0.4 is 0 Å². The first-order chi connectivity index (χ1) is 14.5. The first-order valence-electron chi connectivity index (χ1n) is 9.63. The number of benzene rings is 1. The molecule has 1 amide bonds. The molecule has 3 rings (SSSR count). The van der Waals surface area contributed by atoms with Crippen molar-refractivity contribution in [1.82, 2.24) is 24.0 Å². The number of hydrogen-bond donors (Lipinski definition) is 1. The second-order valence-corrected chi connectivity index (χ2v) is 9.41. The Morgan fingerprint density at radius 2 is 1.77 bits per heavy atom. The van der Waals surface area contributed by atoms with Crippen molar-refractivity contribution in [2.24, 2.45) is 0 Å². The average Bonchev–Trinajstić information content (AvgIpc) is 3.07. The van der Waals surface area contributed by atoms with Crippen molar-refractivity contribution in [3.63, 3.8) is 0 Å². The number of aromatic amines is 1. The number of H-pyrrole nitrogens is 1. The van der Waals surface area contributed by atoms with Crippen LogP contribution in [0.2, 0.25) is 0 Å². The maximum absolute atomic E-state index is 12.8. The smallest absolute Gasteiger partial charge is 0.338 e. The van der Waals surface area contributed by atoms with Gasteiger partial charge in [0.15, 0.2) is 4.77 Å². The first-order valence-corrected chi connectivity index (χ1v) is 11.5. The predicted molar refractivity (Wildman–Crippen MR) is 108 cm³/mol. The number of rotatable bonds is 6. The zero-order chi connectivity index (χ0) is 22.8. The molecule has 0 unspecified atom stereocenters. The SMILES string of the molecule is CCCc1n[nH]c(=S)n1CC(=O)N1CCN(S(=O)(=O)c2ccc(C(F)(F)F)cc2)CC1. The van der Waals surface area contributed by atoms with Crippen molar-refractivity contribution >= 4 is 28.1 Å². The van der Waals surface area contributed by atoms with E-state index in [0.29, 0.717) is 17.0 Å². The molecule has 0 aliphatic carbocycles. The lowest BCUT2D eigenvalue weighted by Gasteiger charge is -2.34. The molecule has 2 aromatic rings. The third kappa shape index (κ3) is 5.15. The molecule has 13 heteroatoms. The van der Waals surface area contributed by atoms with Gasteiger partial charge in [0, 0.05) is 32.6 Å². The number of carbonyl (C=O) groups is 1. The number of sulfonamides is 1. The Labute approximate surface area is 182 Å². The van der Waals surface area contributed by atoms with E-state index < -0.39 is 21.8 Å². The average molecular weight is 478 g/mol. The summed E-state index contributed by atoms with van der Waals surface area (Å²) in [7, 11) is -3.95. The van der Waals surface area contributed by atoms with Crippen LogP contribution in [0.3, 0.4) is 0 Å². The highest BCUT2D eigenvalue weighted by Crippen LogP contribution is 2.30. The molecule has 8 nitrogen and oxygen atoms in total. The van der Waals surface area contributed by atoms with Crippen molar-refractivity contribution in [2.45, 2.75) is 37.4 Å². The molecule has 1 fully saturated rings. The highest BCUT2D eigenvalue weighted by molar-refractivity contribution is 7.89. The number of nitrogens with zero attached hydrogens (tertiary/aromatic N) is 4. The fourth-order valence-corrected chi connectivity index (χ4v) is 4.94. The van der Waals surface area contributed by atoms with E-state index in [2.05, 4.69) is 10.2 Å². The van der Waals surface area contributed by atoms with Crippen LogP contribution in [0.25, 0.3) is 0 Å². The molecule has 1 aliphatic heterocycles. The fourth-order valence-electron chi connectivity index (χ4n) is 3.31. The summed E-state index contributed by atoms with van der Waals surface area (Å²) in [4.78, 5) is 14.0. The van der Waals surface area contributed by atoms with Crippen LogP contribution in [0.4, 0.5) is 13.2 Å². The summed E-state index contributed by atoms with van der Waals surface area (Å²) in [5.74, 6) is 0.478. The van der Waals surface area contributed by atoms with Crippen LogP contribution in [0.15, 0.2) is 29.2 Å². The minimum absolute atomic E-state index is 0.0102. The van der Waals surface area contributed by atoms with Crippen LogP contribution in [0, 0.1) is 4.77 Å². The standard InChI is InChI=1S/C18H22F3N5O3S2/c1-2-3-15-22-23-17(30)26(15)12-16(27)24-8-10-25(11-9-24)31(28,29)14-6-4-13(5-7-14)18(19,20)21/h4-7H,2-3,8-12H2,1H3,(H,23,30). The van der Waals surface area contributed by atoms with E-state index in [1.54, 1.807) is 9.47 Å². The summed E-state index contributed by atoms with van der Waals surface area (Å²) < 4.78 is 66.8. The van der Waals surface area contributed by atoms with E-state index >= 15 is 0 Å². The van der Waals surface area contributed by atoms with Gasteiger partial charge < -0.3 is 4.90 Å². The second kappa shape index (κ2) is 9.09. The Bertz CT molecular complexity index is 1090. The van der Waals surface area contributed by atoms with Gasteiger partial charge in [-0.15, -0.1) is 0 Å². The van der Waals surface area contributed by atoms with Crippen molar-refractivity contribution < 1.29 is 26.4 Å². The van der Waals surface area contributed by atoms with Gasteiger partial charge in [-0.3, -0.25) is 14.5 Å². The normalized spacial score (nSPS) is 15.9. The Hall–Kier alpha value is -2.25. The molecule has 1 aromatic carbocycles. The number of piperazine rings is 1. The lowest BCUT2D eigenvalue weighted by molar-refractivity contribution is -0.137. The molecule has 0 spiro atoms. The van der Waals surface area contributed by atoms with Crippen molar-refractivity contribution in [2.75, 3.05) is 26.2 Å². The van der Waals surface area contributed by atoms with Crippen LogP contribution in [0.5, 0.6) is 0 Å². The molecule has 0 saturated carbocycles. The lowest BCUT2D eigenvalue weighted by Crippen LogP contribution is -2.51. The summed E-state index contributed by atoms with van der Waals surface area (Å²) >= 11 is 5.18. The summed E-state index contributed by atoms with van der Waals surface area (Å²) in [6, 6.07) is 3.39. The third-order valence-electron chi connectivity index (χ3n) is 5.02. The minimum atomic E-state index is -4.54. The number of amides is 1.